The molecule has 1 atom stereocenters. The number of amides is 1. The minimum Gasteiger partial charge on any atom is -0.309 e. The molecule has 0 aromatic carbocycles. The van der Waals surface area contributed by atoms with E-state index in [4.69, 9.17) is 0 Å². The van der Waals surface area contributed by atoms with Crippen molar-refractivity contribution in [2.75, 3.05) is 5.32 Å². The van der Waals surface area contributed by atoms with Gasteiger partial charge in [0.2, 0.25) is 5.91 Å². The number of alkyl halides is 3. The van der Waals surface area contributed by atoms with Crippen LogP contribution in [0.15, 0.2) is 6.08 Å². The van der Waals surface area contributed by atoms with E-state index in [-0.39, 0.29) is 30.7 Å². The first-order valence-electron chi connectivity index (χ1n) is 9.70. The molecule has 150 valence electrons. The van der Waals surface area contributed by atoms with E-state index in [2.05, 4.69) is 16.5 Å². The Labute approximate surface area is 158 Å². The normalized spacial score (nSPS) is 20.8. The van der Waals surface area contributed by atoms with Crippen LogP contribution in [0, 0.1) is 11.3 Å². The van der Waals surface area contributed by atoms with E-state index in [9.17, 15) is 18.0 Å². The van der Waals surface area contributed by atoms with Crippen LogP contribution in [0.2, 0.25) is 0 Å². The molecule has 0 spiro atoms. The lowest BCUT2D eigenvalue weighted by Gasteiger charge is -2.26. The number of rotatable bonds is 3. The molecule has 1 N–H and O–H groups in total. The summed E-state index contributed by atoms with van der Waals surface area (Å²) in [7, 11) is 0. The molecule has 0 saturated heterocycles. The molecule has 1 aromatic rings. The lowest BCUT2D eigenvalue weighted by molar-refractivity contribution is -0.179. The summed E-state index contributed by atoms with van der Waals surface area (Å²) in [5.74, 6) is -1.07. The number of halogens is 3. The van der Waals surface area contributed by atoms with Crippen LogP contribution in [-0.2, 0) is 17.8 Å². The third kappa shape index (κ3) is 4.74. The van der Waals surface area contributed by atoms with Crippen LogP contribution in [0.1, 0.15) is 70.6 Å². The van der Waals surface area contributed by atoms with E-state index in [1.807, 2.05) is 20.8 Å². The van der Waals surface area contributed by atoms with Crippen molar-refractivity contribution in [1.82, 2.24) is 9.78 Å². The molecule has 7 heteroatoms. The highest BCUT2D eigenvalue weighted by atomic mass is 19.4. The number of hydrogen-bond acceptors (Lipinski definition) is 2. The Bertz CT molecular complexity index is 741. The van der Waals surface area contributed by atoms with Gasteiger partial charge < -0.3 is 5.32 Å². The van der Waals surface area contributed by atoms with Gasteiger partial charge in [-0.05, 0) is 43.1 Å². The summed E-state index contributed by atoms with van der Waals surface area (Å²) in [6.45, 7) is 6.16. The van der Waals surface area contributed by atoms with Gasteiger partial charge in [0.1, 0.15) is 0 Å². The van der Waals surface area contributed by atoms with Crippen molar-refractivity contribution in [2.45, 2.75) is 78.4 Å². The second-order valence-electron chi connectivity index (χ2n) is 8.89. The fourth-order valence-electron chi connectivity index (χ4n) is 3.93. The van der Waals surface area contributed by atoms with Crippen molar-refractivity contribution in [2.24, 2.45) is 11.3 Å². The van der Waals surface area contributed by atoms with Crippen LogP contribution in [0.25, 0.3) is 5.57 Å². The van der Waals surface area contributed by atoms with E-state index in [0.717, 1.165) is 36.8 Å². The number of fused-ring (bicyclic) bond motifs is 1. The van der Waals surface area contributed by atoms with Gasteiger partial charge in [0.05, 0.1) is 5.92 Å². The van der Waals surface area contributed by atoms with Gasteiger partial charge in [-0.25, -0.2) is 0 Å². The van der Waals surface area contributed by atoms with Crippen LogP contribution in [0.5, 0.6) is 0 Å². The molecule has 0 saturated carbocycles. The fraction of sp³-hybridized carbons (Fsp3) is 0.700. The summed E-state index contributed by atoms with van der Waals surface area (Å²) >= 11 is 0. The third-order valence-electron chi connectivity index (χ3n) is 5.21. The van der Waals surface area contributed by atoms with Gasteiger partial charge in [-0.15, -0.1) is 0 Å². The molecule has 1 aliphatic heterocycles. The van der Waals surface area contributed by atoms with Gasteiger partial charge in [-0.2, -0.15) is 18.3 Å². The van der Waals surface area contributed by atoms with Gasteiger partial charge in [-0.1, -0.05) is 26.8 Å². The Balaban J connectivity index is 1.95. The summed E-state index contributed by atoms with van der Waals surface area (Å²) in [4.78, 5) is 12.4. The van der Waals surface area contributed by atoms with Crippen molar-refractivity contribution in [1.29, 1.82) is 0 Å². The summed E-state index contributed by atoms with van der Waals surface area (Å²) in [5.41, 5.74) is 2.19. The smallest absolute Gasteiger partial charge is 0.309 e. The van der Waals surface area contributed by atoms with Crippen molar-refractivity contribution in [3.63, 3.8) is 0 Å². The summed E-state index contributed by atoms with van der Waals surface area (Å²) in [5, 5.41) is 7.37. The van der Waals surface area contributed by atoms with E-state index in [1.54, 1.807) is 4.68 Å². The topological polar surface area (TPSA) is 46.9 Å². The Kier molecular flexibility index (Phi) is 5.41. The minimum absolute atomic E-state index is 0.0338. The van der Waals surface area contributed by atoms with E-state index < -0.39 is 12.1 Å². The molecule has 0 radical (unpaired) electrons. The number of carbonyl (C=O) groups is 1. The predicted molar refractivity (Wildman–Crippen MR) is 99.2 cm³/mol. The molecular weight excluding hydrogens is 355 g/mol. The van der Waals surface area contributed by atoms with Gasteiger partial charge in [0, 0.05) is 30.6 Å². The van der Waals surface area contributed by atoms with Gasteiger partial charge >= 0.3 is 6.18 Å². The molecule has 1 aliphatic carbocycles. The van der Waals surface area contributed by atoms with Crippen molar-refractivity contribution in [3.05, 3.63) is 17.3 Å². The fourth-order valence-corrected chi connectivity index (χ4v) is 3.93. The molecule has 1 amide bonds. The lowest BCUT2D eigenvalue weighted by Crippen LogP contribution is -2.31. The largest absolute Gasteiger partial charge is 0.392 e. The lowest BCUT2D eigenvalue weighted by atomic mass is 9.88. The van der Waals surface area contributed by atoms with Crippen molar-refractivity contribution in [3.8, 4) is 0 Å². The van der Waals surface area contributed by atoms with Crippen molar-refractivity contribution >= 4 is 17.3 Å². The maximum atomic E-state index is 13.3. The van der Waals surface area contributed by atoms with Crippen LogP contribution in [0.4, 0.5) is 19.0 Å². The Morgan fingerprint density at radius 3 is 2.63 bits per heavy atom. The first-order valence-corrected chi connectivity index (χ1v) is 9.70. The average Bonchev–Trinajstić information content (AvgIpc) is 2.89. The summed E-state index contributed by atoms with van der Waals surface area (Å²) < 4.78 is 41.6. The van der Waals surface area contributed by atoms with E-state index in [1.165, 1.54) is 0 Å². The second kappa shape index (κ2) is 7.32. The van der Waals surface area contributed by atoms with E-state index in [0.29, 0.717) is 17.9 Å². The maximum Gasteiger partial charge on any atom is 0.392 e. The third-order valence-corrected chi connectivity index (χ3v) is 5.21. The molecule has 4 nitrogen and oxygen atoms in total. The van der Waals surface area contributed by atoms with Gasteiger partial charge in [0.25, 0.3) is 0 Å². The van der Waals surface area contributed by atoms with Gasteiger partial charge in [0.15, 0.2) is 5.82 Å². The average molecular weight is 383 g/mol. The molecule has 1 aromatic heterocycles. The molecule has 0 fully saturated rings. The second-order valence-corrected chi connectivity index (χ2v) is 8.89. The zero-order valence-corrected chi connectivity index (χ0v) is 16.2. The highest BCUT2D eigenvalue weighted by Gasteiger charge is 2.43. The molecule has 2 heterocycles. The quantitative estimate of drug-likeness (QED) is 0.766. The first-order chi connectivity index (χ1) is 12.5. The Morgan fingerprint density at radius 1 is 1.30 bits per heavy atom. The van der Waals surface area contributed by atoms with Crippen LogP contribution < -0.4 is 5.32 Å². The van der Waals surface area contributed by atoms with Crippen molar-refractivity contribution < 1.29 is 18.0 Å². The zero-order valence-electron chi connectivity index (χ0n) is 16.2. The standard InChI is InChI=1S/C20H28F3N3O/c1-19(2,3)12-16(27)24-18-17(13-7-5-4-6-8-13)15-11-14(20(21,22)23)9-10-26(15)25-18/h7,14H,4-6,8-12H2,1-3H3,(H,24,25,27). The van der Waals surface area contributed by atoms with E-state index >= 15 is 0 Å². The molecular formula is C20H28F3N3O. The van der Waals surface area contributed by atoms with Crippen LogP contribution >= 0.6 is 0 Å². The molecule has 3 rings (SSSR count). The number of aromatic nitrogens is 2. The Hall–Kier alpha value is -1.79. The number of hydrogen-bond donors (Lipinski definition) is 1. The van der Waals surface area contributed by atoms with Gasteiger partial charge in [-0.3, -0.25) is 9.48 Å². The zero-order chi connectivity index (χ0) is 19.8. The predicted octanol–water partition coefficient (Wildman–Crippen LogP) is 5.34. The SMILES string of the molecule is CC(C)(C)CC(=O)Nc1nn2c(c1C1=CCCCC1)CC(C(F)(F)F)CC2. The molecule has 1 unspecified atom stereocenters. The van der Waals surface area contributed by atoms with Crippen LogP contribution in [0.3, 0.4) is 0 Å². The highest BCUT2D eigenvalue weighted by Crippen LogP contribution is 2.41. The number of nitrogens with one attached hydrogen (secondary N) is 1. The van der Waals surface area contributed by atoms with Crippen LogP contribution in [-0.4, -0.2) is 21.9 Å². The highest BCUT2D eigenvalue weighted by molar-refractivity contribution is 5.93. The number of allylic oxidation sites excluding steroid dienone is 2. The first kappa shape index (κ1) is 20.0. The molecule has 27 heavy (non-hydrogen) atoms. The summed E-state index contributed by atoms with van der Waals surface area (Å²) in [6, 6.07) is 0. The number of carbonyl (C=O) groups excluding carboxylic acids is 1. The molecule has 0 bridgehead atoms. The molecule has 2 aliphatic rings. The number of anilines is 1. The number of aryl methyl sites for hydroxylation is 1. The summed E-state index contributed by atoms with van der Waals surface area (Å²) in [6.07, 6.45) is 2.01. The number of nitrogens with zero attached hydrogens (tertiary/aromatic N) is 2. The minimum atomic E-state index is -4.20. The Morgan fingerprint density at radius 2 is 2.04 bits per heavy atom. The monoisotopic (exact) mass is 383 g/mol. The maximum absolute atomic E-state index is 13.3.